The number of benzene rings is 1. The number of anilines is 2. The maximum atomic E-state index is 11.1. The molecule has 16 heavy (non-hydrogen) atoms. The summed E-state index contributed by atoms with van der Waals surface area (Å²) in [7, 11) is 0. The maximum absolute atomic E-state index is 11.1. The molecule has 0 radical (unpaired) electrons. The van der Waals surface area contributed by atoms with E-state index in [0.29, 0.717) is 16.4 Å². The molecule has 0 bridgehead atoms. The van der Waals surface area contributed by atoms with Crippen molar-refractivity contribution in [2.45, 2.75) is 6.92 Å². The third kappa shape index (κ3) is 3.52. The van der Waals surface area contributed by atoms with Crippen molar-refractivity contribution in [3.8, 4) is 0 Å². The third-order valence-corrected chi connectivity index (χ3v) is 2.08. The van der Waals surface area contributed by atoms with Crippen LogP contribution < -0.4 is 16.4 Å². The third-order valence-electron chi connectivity index (χ3n) is 1.75. The Bertz CT molecular complexity index is 421. The molecule has 0 saturated carbocycles. The van der Waals surface area contributed by atoms with Crippen LogP contribution in [0.25, 0.3) is 0 Å². The van der Waals surface area contributed by atoms with Crippen molar-refractivity contribution < 1.29 is 9.59 Å². The Balaban J connectivity index is 2.90. The van der Waals surface area contributed by atoms with Gasteiger partial charge in [-0.2, -0.15) is 0 Å². The molecule has 2 amide bonds. The summed E-state index contributed by atoms with van der Waals surface area (Å²) in [6, 6.07) is 4.79. The molecule has 0 saturated heterocycles. The molecule has 86 valence electrons. The summed E-state index contributed by atoms with van der Waals surface area (Å²) in [5, 5.41) is 5.49. The van der Waals surface area contributed by atoms with Crippen molar-refractivity contribution in [3.63, 3.8) is 0 Å². The average Bonchev–Trinajstić information content (AvgIpc) is 2.22. The van der Waals surface area contributed by atoms with E-state index < -0.39 is 0 Å². The average molecular weight is 242 g/mol. The van der Waals surface area contributed by atoms with Gasteiger partial charge in [0, 0.05) is 12.6 Å². The maximum Gasteiger partial charge on any atom is 0.238 e. The molecule has 0 spiro atoms. The Labute approximate surface area is 98.0 Å². The monoisotopic (exact) mass is 241 g/mol. The highest BCUT2D eigenvalue weighted by Gasteiger charge is 2.05. The Morgan fingerprint density at radius 3 is 2.62 bits per heavy atom. The van der Waals surface area contributed by atoms with Crippen LogP contribution in [0.1, 0.15) is 6.92 Å². The summed E-state index contributed by atoms with van der Waals surface area (Å²) in [6.45, 7) is 1.27. The summed E-state index contributed by atoms with van der Waals surface area (Å²) in [5.41, 5.74) is 6.14. The topological polar surface area (TPSA) is 84.2 Å². The number of nitrogens with one attached hydrogen (secondary N) is 2. The molecule has 4 N–H and O–H groups in total. The number of hydrogen-bond donors (Lipinski definition) is 3. The van der Waals surface area contributed by atoms with Gasteiger partial charge >= 0.3 is 0 Å². The normalized spacial score (nSPS) is 9.69. The van der Waals surface area contributed by atoms with Crippen LogP contribution in [0, 0.1) is 0 Å². The molecule has 1 rings (SSSR count). The van der Waals surface area contributed by atoms with Crippen molar-refractivity contribution in [1.29, 1.82) is 0 Å². The molecule has 0 aromatic heterocycles. The molecule has 1 aromatic carbocycles. The van der Waals surface area contributed by atoms with Crippen LogP contribution >= 0.6 is 11.6 Å². The second kappa shape index (κ2) is 5.48. The second-order valence-electron chi connectivity index (χ2n) is 3.13. The molecule has 0 aliphatic heterocycles. The van der Waals surface area contributed by atoms with E-state index in [9.17, 15) is 9.59 Å². The fourth-order valence-corrected chi connectivity index (χ4v) is 1.27. The lowest BCUT2D eigenvalue weighted by molar-refractivity contribution is -0.115. The molecule has 0 aliphatic carbocycles. The summed E-state index contributed by atoms with van der Waals surface area (Å²) < 4.78 is 0. The van der Waals surface area contributed by atoms with Gasteiger partial charge in [-0.05, 0) is 18.2 Å². The molecule has 0 aliphatic rings. The lowest BCUT2D eigenvalue weighted by atomic mass is 10.2. The number of nitrogens with two attached hydrogens (primary N) is 1. The minimum atomic E-state index is -0.345. The van der Waals surface area contributed by atoms with Gasteiger partial charge in [0.15, 0.2) is 0 Å². The Kier molecular flexibility index (Phi) is 4.28. The number of hydrogen-bond acceptors (Lipinski definition) is 3. The molecule has 6 heteroatoms. The number of carbonyl (C=O) groups is 2. The van der Waals surface area contributed by atoms with Crippen molar-refractivity contribution >= 4 is 34.8 Å². The highest BCUT2D eigenvalue weighted by atomic mass is 35.5. The van der Waals surface area contributed by atoms with Crippen molar-refractivity contribution in [1.82, 2.24) is 0 Å². The number of halogens is 1. The van der Waals surface area contributed by atoms with E-state index >= 15 is 0 Å². The van der Waals surface area contributed by atoms with Gasteiger partial charge in [0.2, 0.25) is 11.8 Å². The fraction of sp³-hybridized carbons (Fsp3) is 0.200. The van der Waals surface area contributed by atoms with E-state index in [4.69, 9.17) is 17.3 Å². The first-order valence-electron chi connectivity index (χ1n) is 4.60. The van der Waals surface area contributed by atoms with Gasteiger partial charge in [0.25, 0.3) is 0 Å². The summed E-state index contributed by atoms with van der Waals surface area (Å²) in [5.74, 6) is -0.541. The molecular formula is C10H12ClN3O2. The first kappa shape index (κ1) is 12.5. The lowest BCUT2D eigenvalue weighted by Crippen LogP contribution is -2.22. The van der Waals surface area contributed by atoms with Gasteiger partial charge in [-0.3, -0.25) is 9.59 Å². The van der Waals surface area contributed by atoms with E-state index in [1.165, 1.54) is 6.92 Å². The number of amides is 2. The highest BCUT2D eigenvalue weighted by Crippen LogP contribution is 2.25. The molecule has 5 nitrogen and oxygen atoms in total. The van der Waals surface area contributed by atoms with Gasteiger partial charge in [0.05, 0.1) is 17.3 Å². The van der Waals surface area contributed by atoms with E-state index in [-0.39, 0.29) is 18.4 Å². The van der Waals surface area contributed by atoms with Gasteiger partial charge in [-0.25, -0.2) is 0 Å². The Hall–Kier alpha value is -1.59. The van der Waals surface area contributed by atoms with Crippen LogP contribution in [-0.4, -0.2) is 18.4 Å². The zero-order valence-corrected chi connectivity index (χ0v) is 9.47. The summed E-state index contributed by atoms with van der Waals surface area (Å²) in [6.07, 6.45) is 0. The fourth-order valence-electron chi connectivity index (χ4n) is 1.10. The SMILES string of the molecule is CC(=O)Nc1ccc(Cl)c(NC(=O)CN)c1. The van der Waals surface area contributed by atoms with Gasteiger partial charge in [0.1, 0.15) is 0 Å². The van der Waals surface area contributed by atoms with Crippen molar-refractivity contribution in [2.75, 3.05) is 17.2 Å². The van der Waals surface area contributed by atoms with E-state index in [1.54, 1.807) is 18.2 Å². The van der Waals surface area contributed by atoms with Gasteiger partial charge in [-0.1, -0.05) is 11.6 Å². The smallest absolute Gasteiger partial charge is 0.238 e. The molecule has 0 heterocycles. The van der Waals surface area contributed by atoms with Crippen LogP contribution in [0.4, 0.5) is 11.4 Å². The van der Waals surface area contributed by atoms with Crippen LogP contribution in [0.15, 0.2) is 18.2 Å². The predicted octanol–water partition coefficient (Wildman–Crippen LogP) is 1.20. The quantitative estimate of drug-likeness (QED) is 0.743. The summed E-state index contributed by atoms with van der Waals surface area (Å²) >= 11 is 5.87. The van der Waals surface area contributed by atoms with Crippen LogP contribution in [0.5, 0.6) is 0 Å². The van der Waals surface area contributed by atoms with Crippen LogP contribution in [0.2, 0.25) is 5.02 Å². The van der Waals surface area contributed by atoms with Crippen molar-refractivity contribution in [2.24, 2.45) is 5.73 Å². The minimum absolute atomic E-state index is 0.124. The second-order valence-corrected chi connectivity index (χ2v) is 3.54. The van der Waals surface area contributed by atoms with E-state index in [0.717, 1.165) is 0 Å². The molecule has 0 unspecified atom stereocenters. The Morgan fingerprint density at radius 1 is 1.38 bits per heavy atom. The standard InChI is InChI=1S/C10H12ClN3O2/c1-6(15)13-7-2-3-8(11)9(4-7)14-10(16)5-12/h2-4H,5,12H2,1H3,(H,13,15)(H,14,16). The van der Waals surface area contributed by atoms with Gasteiger partial charge in [-0.15, -0.1) is 0 Å². The molecule has 1 aromatic rings. The van der Waals surface area contributed by atoms with Crippen molar-refractivity contribution in [3.05, 3.63) is 23.2 Å². The first-order valence-corrected chi connectivity index (χ1v) is 4.98. The minimum Gasteiger partial charge on any atom is -0.326 e. The van der Waals surface area contributed by atoms with Gasteiger partial charge < -0.3 is 16.4 Å². The Morgan fingerprint density at radius 2 is 2.06 bits per heavy atom. The largest absolute Gasteiger partial charge is 0.326 e. The van der Waals surface area contributed by atoms with E-state index in [1.807, 2.05) is 0 Å². The zero-order chi connectivity index (χ0) is 12.1. The molecule has 0 fully saturated rings. The predicted molar refractivity (Wildman–Crippen MR) is 63.4 cm³/mol. The zero-order valence-electron chi connectivity index (χ0n) is 8.71. The number of rotatable bonds is 3. The highest BCUT2D eigenvalue weighted by molar-refractivity contribution is 6.33. The lowest BCUT2D eigenvalue weighted by Gasteiger charge is -2.08. The first-order chi connectivity index (χ1) is 7.52. The number of carbonyl (C=O) groups excluding carboxylic acids is 2. The van der Waals surface area contributed by atoms with E-state index in [2.05, 4.69) is 10.6 Å². The summed E-state index contributed by atoms with van der Waals surface area (Å²) in [4.78, 5) is 21.9. The van der Waals surface area contributed by atoms with Crippen LogP contribution in [0.3, 0.4) is 0 Å². The molecule has 0 atom stereocenters. The molecular weight excluding hydrogens is 230 g/mol. The van der Waals surface area contributed by atoms with Crippen LogP contribution in [-0.2, 0) is 9.59 Å².